The Labute approximate surface area is 344 Å². The molecule has 0 bridgehead atoms. The van der Waals surface area contributed by atoms with Gasteiger partial charge in [-0.2, -0.15) is 0 Å². The van der Waals surface area contributed by atoms with E-state index in [-0.39, 0.29) is 35.7 Å². The van der Waals surface area contributed by atoms with Gasteiger partial charge in [0.25, 0.3) is 0 Å². The largest absolute Gasteiger partial charge is 0.453 e. The number of H-pyrrole nitrogens is 1. The molecule has 6 rings (SSSR count). The summed E-state index contributed by atoms with van der Waals surface area (Å²) in [5.41, 5.74) is 12.8. The minimum atomic E-state index is -0.740. The first kappa shape index (κ1) is 42.2. The standard InChI is InChI=1S/C43H54N10O6/c1-24(2)37(50-42(56)58-6)40(54)52-18-8-10-35(52)26(5)47-32(21-44)34-23-45-31-20-29(16-17-30(31)48-34)27-12-14-28(15-13-27)33-22-46-39(49-33)36-11-9-19-53(36)41(55)38(25(3)4)51-43(57)59-7/h12-17,20-25,35-38,47H,5,8-11,18-19,44H2,1-4,6-7H3,(H,46,49)(H,50,56)(H,51,57)/b32-21-/t35-,36-,37-,38-/m0/s1. The molecule has 16 heteroatoms. The number of hydrogen-bond donors (Lipinski definition) is 5. The van der Waals surface area contributed by atoms with Crippen LogP contribution in [0.2, 0.25) is 0 Å². The number of imidazole rings is 1. The number of hydrogen-bond acceptors (Lipinski definition) is 11. The minimum Gasteiger partial charge on any atom is -0.453 e. The number of benzene rings is 2. The number of nitrogens with one attached hydrogen (secondary N) is 4. The lowest BCUT2D eigenvalue weighted by Gasteiger charge is -2.32. The molecule has 59 heavy (non-hydrogen) atoms. The monoisotopic (exact) mass is 806 g/mol. The van der Waals surface area contributed by atoms with Crippen molar-refractivity contribution in [1.29, 1.82) is 0 Å². The van der Waals surface area contributed by atoms with E-state index in [9.17, 15) is 19.2 Å². The predicted octanol–water partition coefficient (Wildman–Crippen LogP) is 5.46. The van der Waals surface area contributed by atoms with Crippen LogP contribution in [0.15, 0.2) is 73.3 Å². The van der Waals surface area contributed by atoms with E-state index >= 15 is 0 Å². The Hall–Kier alpha value is -6.45. The zero-order chi connectivity index (χ0) is 42.4. The van der Waals surface area contributed by atoms with Gasteiger partial charge < -0.3 is 45.9 Å². The first-order valence-corrected chi connectivity index (χ1v) is 19.9. The molecule has 0 saturated carbocycles. The van der Waals surface area contributed by atoms with E-state index in [4.69, 9.17) is 25.2 Å². The van der Waals surface area contributed by atoms with Crippen LogP contribution in [0.25, 0.3) is 39.1 Å². The number of nitrogens with two attached hydrogens (primary N) is 1. The molecule has 2 aromatic carbocycles. The van der Waals surface area contributed by atoms with Crippen molar-refractivity contribution in [3.8, 4) is 22.4 Å². The summed E-state index contributed by atoms with van der Waals surface area (Å²) in [7, 11) is 2.55. The van der Waals surface area contributed by atoms with E-state index in [1.54, 1.807) is 22.2 Å². The summed E-state index contributed by atoms with van der Waals surface area (Å²) in [4.78, 5) is 72.2. The summed E-state index contributed by atoms with van der Waals surface area (Å²) in [5.74, 6) is 0.0862. The molecule has 0 aliphatic carbocycles. The Bertz CT molecular complexity index is 2220. The molecule has 4 atom stereocenters. The molecule has 2 aliphatic rings. The number of carbonyl (C=O) groups excluding carboxylic acids is 4. The molecular weight excluding hydrogens is 753 g/mol. The van der Waals surface area contributed by atoms with Crippen molar-refractivity contribution in [1.82, 2.24) is 45.7 Å². The first-order chi connectivity index (χ1) is 28.3. The first-order valence-electron chi connectivity index (χ1n) is 19.9. The zero-order valence-corrected chi connectivity index (χ0v) is 34.5. The fraction of sp³-hybridized carbons (Fsp3) is 0.419. The quantitative estimate of drug-likeness (QED) is 0.115. The van der Waals surface area contributed by atoms with Gasteiger partial charge in [-0.3, -0.25) is 14.6 Å². The van der Waals surface area contributed by atoms with Crippen molar-refractivity contribution in [2.75, 3.05) is 27.3 Å². The van der Waals surface area contributed by atoms with Crippen molar-refractivity contribution in [2.24, 2.45) is 17.6 Å². The molecule has 2 saturated heterocycles. The molecule has 6 N–H and O–H groups in total. The highest BCUT2D eigenvalue weighted by Gasteiger charge is 2.38. The lowest BCUT2D eigenvalue weighted by Crippen LogP contribution is -2.53. The maximum absolute atomic E-state index is 13.6. The van der Waals surface area contributed by atoms with Crippen molar-refractivity contribution < 1.29 is 28.7 Å². The number of carbonyl (C=O) groups is 4. The van der Waals surface area contributed by atoms with E-state index in [0.29, 0.717) is 53.5 Å². The number of amides is 4. The Kier molecular flexibility index (Phi) is 13.2. The van der Waals surface area contributed by atoms with E-state index in [1.165, 1.54) is 20.4 Å². The van der Waals surface area contributed by atoms with Gasteiger partial charge in [0.05, 0.1) is 61.1 Å². The van der Waals surface area contributed by atoms with Crippen LogP contribution in [0.5, 0.6) is 0 Å². The summed E-state index contributed by atoms with van der Waals surface area (Å²) >= 11 is 0. The molecule has 2 aromatic heterocycles. The fourth-order valence-corrected chi connectivity index (χ4v) is 7.73. The Balaban J connectivity index is 1.12. The van der Waals surface area contributed by atoms with Gasteiger partial charge >= 0.3 is 12.2 Å². The highest BCUT2D eigenvalue weighted by Crippen LogP contribution is 2.34. The number of rotatable bonds is 13. The number of methoxy groups -OCH3 is 2. The van der Waals surface area contributed by atoms with Gasteiger partial charge in [0.2, 0.25) is 11.8 Å². The van der Waals surface area contributed by atoms with Gasteiger partial charge in [0.1, 0.15) is 23.6 Å². The summed E-state index contributed by atoms with van der Waals surface area (Å²) in [5, 5.41) is 8.64. The summed E-state index contributed by atoms with van der Waals surface area (Å²) in [6.07, 6.45) is 6.64. The number of nitrogens with zero attached hydrogens (tertiary/aromatic N) is 5. The van der Waals surface area contributed by atoms with Crippen LogP contribution in [-0.2, 0) is 19.1 Å². The third-order valence-corrected chi connectivity index (χ3v) is 11.0. The van der Waals surface area contributed by atoms with Crippen molar-refractivity contribution in [2.45, 2.75) is 77.5 Å². The molecule has 0 radical (unpaired) electrons. The average molecular weight is 807 g/mol. The number of likely N-dealkylation sites (tertiary alicyclic amines) is 2. The van der Waals surface area contributed by atoms with Gasteiger partial charge in [-0.25, -0.2) is 19.6 Å². The second-order valence-electron chi connectivity index (χ2n) is 15.5. The third-order valence-electron chi connectivity index (χ3n) is 11.0. The molecule has 2 fully saturated rings. The fourth-order valence-electron chi connectivity index (χ4n) is 7.73. The average Bonchev–Trinajstić information content (AvgIpc) is 4.04. The molecule has 4 aromatic rings. The number of alkyl carbamates (subject to hydrolysis) is 2. The molecule has 4 amide bonds. The summed E-state index contributed by atoms with van der Waals surface area (Å²) < 4.78 is 9.50. The molecule has 0 spiro atoms. The van der Waals surface area contributed by atoms with Crippen molar-refractivity contribution in [3.63, 3.8) is 0 Å². The minimum absolute atomic E-state index is 0.117. The maximum atomic E-state index is 13.6. The maximum Gasteiger partial charge on any atom is 0.407 e. The highest BCUT2D eigenvalue weighted by atomic mass is 16.5. The van der Waals surface area contributed by atoms with Crippen LogP contribution in [0.3, 0.4) is 0 Å². The zero-order valence-electron chi connectivity index (χ0n) is 34.5. The third kappa shape index (κ3) is 9.32. The van der Waals surface area contributed by atoms with E-state index in [2.05, 4.69) is 32.5 Å². The van der Waals surface area contributed by atoms with Gasteiger partial charge in [-0.05, 0) is 66.3 Å². The second-order valence-corrected chi connectivity index (χ2v) is 15.5. The Morgan fingerprint density at radius 1 is 0.814 bits per heavy atom. The summed E-state index contributed by atoms with van der Waals surface area (Å²) in [6.45, 7) is 12.9. The van der Waals surface area contributed by atoms with Gasteiger partial charge in [-0.1, -0.05) is 64.6 Å². The lowest BCUT2D eigenvalue weighted by molar-refractivity contribution is -0.136. The normalized spacial score (nSPS) is 17.9. The SMILES string of the molecule is C=C(N/C(=C\N)c1cnc2cc(-c3ccc(-c4cnc([C@@H]5CCCN5C(=O)[C@@H](NC(=O)OC)C(C)C)[nH]4)cc3)ccc2n1)[C@@H]1CCCN1C(=O)[C@@H](NC(=O)OC)C(C)C. The van der Waals surface area contributed by atoms with Gasteiger partial charge in [0.15, 0.2) is 0 Å². The van der Waals surface area contributed by atoms with Crippen molar-refractivity contribution >= 4 is 40.7 Å². The van der Waals surface area contributed by atoms with Crippen LogP contribution in [0.4, 0.5) is 9.59 Å². The van der Waals surface area contributed by atoms with Crippen LogP contribution in [0.1, 0.15) is 70.9 Å². The molecule has 312 valence electrons. The van der Waals surface area contributed by atoms with E-state index in [0.717, 1.165) is 41.6 Å². The highest BCUT2D eigenvalue weighted by molar-refractivity contribution is 5.88. The Morgan fingerprint density at radius 2 is 1.41 bits per heavy atom. The van der Waals surface area contributed by atoms with E-state index in [1.807, 2.05) is 70.2 Å². The smallest absolute Gasteiger partial charge is 0.407 e. The molecule has 2 aliphatic heterocycles. The van der Waals surface area contributed by atoms with Gasteiger partial charge in [-0.15, -0.1) is 0 Å². The molecule has 16 nitrogen and oxygen atoms in total. The van der Waals surface area contributed by atoms with Crippen LogP contribution in [-0.4, -0.2) is 99.2 Å². The van der Waals surface area contributed by atoms with E-state index < -0.39 is 24.3 Å². The predicted molar refractivity (Wildman–Crippen MR) is 224 cm³/mol. The lowest BCUT2D eigenvalue weighted by atomic mass is 10.0. The number of aromatic nitrogens is 4. The number of ether oxygens (including phenoxy) is 2. The molecule has 4 heterocycles. The topological polar surface area (TPSA) is 210 Å². The molecule has 0 unspecified atom stereocenters. The van der Waals surface area contributed by atoms with Crippen LogP contribution >= 0.6 is 0 Å². The Morgan fingerprint density at radius 3 is 2.03 bits per heavy atom. The number of aromatic amines is 1. The van der Waals surface area contributed by atoms with Crippen LogP contribution < -0.4 is 21.7 Å². The van der Waals surface area contributed by atoms with Crippen LogP contribution in [0, 0.1) is 11.8 Å². The second kappa shape index (κ2) is 18.4. The van der Waals surface area contributed by atoms with Gasteiger partial charge in [0, 0.05) is 25.0 Å². The van der Waals surface area contributed by atoms with Crippen molar-refractivity contribution in [3.05, 3.63) is 84.9 Å². The molecular formula is C43H54N10O6. The summed E-state index contributed by atoms with van der Waals surface area (Å²) in [6, 6.07) is 12.0. The number of fused-ring (bicyclic) bond motifs is 1.